The Hall–Kier alpha value is -3.91. The maximum atomic E-state index is 13.4. The zero-order valence-corrected chi connectivity index (χ0v) is 22.0. The second-order valence-electron chi connectivity index (χ2n) is 9.35. The molecule has 3 aromatic rings. The lowest BCUT2D eigenvalue weighted by Gasteiger charge is -2.42. The quantitative estimate of drug-likeness (QED) is 0.395. The minimum absolute atomic E-state index is 0.0256. The smallest absolute Gasteiger partial charge is 0.171 e. The molecule has 0 fully saturated rings. The molecule has 0 spiro atoms. The summed E-state index contributed by atoms with van der Waals surface area (Å²) in [7, 11) is 2.98. The molecule has 2 atom stereocenters. The number of aromatic hydroxyl groups is 2. The molecular weight excluding hydrogens is 502 g/mol. The first kappa shape index (κ1) is 25.7. The van der Waals surface area contributed by atoms with Crippen molar-refractivity contribution in [3.05, 3.63) is 94.0 Å². The minimum atomic E-state index is -0.326. The maximum Gasteiger partial charge on any atom is 0.171 e. The van der Waals surface area contributed by atoms with Crippen LogP contribution in [-0.2, 0) is 16.0 Å². The van der Waals surface area contributed by atoms with Gasteiger partial charge in [-0.2, -0.15) is 0 Å². The highest BCUT2D eigenvalue weighted by Gasteiger charge is 2.42. The third-order valence-electron chi connectivity index (χ3n) is 7.06. The van der Waals surface area contributed by atoms with Gasteiger partial charge in [0.15, 0.2) is 34.6 Å². The highest BCUT2D eigenvalue weighted by molar-refractivity contribution is 8.03. The number of ketones is 2. The van der Waals surface area contributed by atoms with Crippen molar-refractivity contribution in [3.63, 3.8) is 0 Å². The summed E-state index contributed by atoms with van der Waals surface area (Å²) in [6.45, 7) is 0.593. The second-order valence-corrected chi connectivity index (χ2v) is 10.5. The van der Waals surface area contributed by atoms with Crippen LogP contribution >= 0.6 is 11.8 Å². The summed E-state index contributed by atoms with van der Waals surface area (Å²) in [4.78, 5) is 29.0. The summed E-state index contributed by atoms with van der Waals surface area (Å²) in [6.07, 6.45) is 1.07. The van der Waals surface area contributed by atoms with Gasteiger partial charge in [0, 0.05) is 24.6 Å². The normalized spacial score (nSPS) is 19.4. The number of nitrogens with zero attached hydrogens (tertiary/aromatic N) is 1. The molecule has 0 saturated carbocycles. The second kappa shape index (κ2) is 10.8. The van der Waals surface area contributed by atoms with Crippen molar-refractivity contribution < 1.29 is 29.3 Å². The third kappa shape index (κ3) is 4.96. The van der Waals surface area contributed by atoms with Crippen LogP contribution in [0, 0.1) is 0 Å². The van der Waals surface area contributed by atoms with E-state index in [2.05, 4.69) is 17.0 Å². The molecule has 0 aromatic heterocycles. The molecular formula is C30H29NO6S. The number of carbonyl (C=O) groups excluding carboxylic acids is 2. The van der Waals surface area contributed by atoms with Gasteiger partial charge in [-0.1, -0.05) is 54.2 Å². The van der Waals surface area contributed by atoms with Crippen LogP contribution in [0.25, 0.3) is 0 Å². The maximum absolute atomic E-state index is 13.4. The van der Waals surface area contributed by atoms with Crippen LogP contribution in [0.4, 0.5) is 0 Å². The molecule has 0 aliphatic carbocycles. The number of rotatable bonds is 7. The van der Waals surface area contributed by atoms with E-state index < -0.39 is 0 Å². The van der Waals surface area contributed by atoms with Crippen molar-refractivity contribution in [1.82, 2.24) is 4.90 Å². The van der Waals surface area contributed by atoms with Gasteiger partial charge < -0.3 is 24.6 Å². The van der Waals surface area contributed by atoms with Gasteiger partial charge in [-0.3, -0.25) is 9.59 Å². The number of ether oxygens (including phenoxy) is 2. The first-order valence-corrected chi connectivity index (χ1v) is 13.3. The molecule has 0 saturated heterocycles. The average Bonchev–Trinajstić information content (AvgIpc) is 2.93. The van der Waals surface area contributed by atoms with Gasteiger partial charge in [-0.05, 0) is 47.4 Å². The van der Waals surface area contributed by atoms with Gasteiger partial charge in [0.25, 0.3) is 0 Å². The van der Waals surface area contributed by atoms with E-state index in [9.17, 15) is 19.8 Å². The van der Waals surface area contributed by atoms with Gasteiger partial charge >= 0.3 is 0 Å². The van der Waals surface area contributed by atoms with Crippen molar-refractivity contribution >= 4 is 23.3 Å². The number of allylic oxidation sites excluding steroid dienone is 1. The molecule has 3 aromatic carbocycles. The predicted molar refractivity (Wildman–Crippen MR) is 146 cm³/mol. The van der Waals surface area contributed by atoms with Crippen LogP contribution in [-0.4, -0.2) is 47.4 Å². The zero-order chi connectivity index (χ0) is 26.8. The lowest BCUT2D eigenvalue weighted by Crippen LogP contribution is -2.40. The Kier molecular flexibility index (Phi) is 7.33. The van der Waals surface area contributed by atoms with Gasteiger partial charge in [0.05, 0.1) is 30.9 Å². The molecule has 2 unspecified atom stereocenters. The van der Waals surface area contributed by atoms with Crippen LogP contribution in [0.2, 0.25) is 0 Å². The molecule has 196 valence electrons. The van der Waals surface area contributed by atoms with Crippen LogP contribution in [0.3, 0.4) is 0 Å². The van der Waals surface area contributed by atoms with Crippen molar-refractivity contribution in [3.8, 4) is 23.0 Å². The molecule has 7 nitrogen and oxygen atoms in total. The molecule has 2 aliphatic heterocycles. The first-order valence-electron chi connectivity index (χ1n) is 12.4. The molecule has 38 heavy (non-hydrogen) atoms. The summed E-state index contributed by atoms with van der Waals surface area (Å²) < 4.78 is 10.6. The van der Waals surface area contributed by atoms with Crippen molar-refractivity contribution in [1.29, 1.82) is 0 Å². The number of carbonyl (C=O) groups is 2. The predicted octanol–water partition coefficient (Wildman–Crippen LogP) is 5.33. The topological polar surface area (TPSA) is 96.3 Å². The molecule has 2 N–H and O–H groups in total. The van der Waals surface area contributed by atoms with E-state index in [4.69, 9.17) is 9.47 Å². The number of benzene rings is 3. The van der Waals surface area contributed by atoms with E-state index in [0.29, 0.717) is 23.1 Å². The number of phenols is 2. The van der Waals surface area contributed by atoms with E-state index >= 15 is 0 Å². The number of Topliss-reactive ketones (excluding diaryl/α,β-unsaturated/α-hetero) is 2. The monoisotopic (exact) mass is 531 g/mol. The summed E-state index contributed by atoms with van der Waals surface area (Å²) in [5.74, 6) is 0.378. The highest BCUT2D eigenvalue weighted by Crippen LogP contribution is 2.51. The summed E-state index contributed by atoms with van der Waals surface area (Å²) in [5.41, 5.74) is 3.09. The highest BCUT2D eigenvalue weighted by atomic mass is 32.2. The first-order chi connectivity index (χ1) is 18.4. The third-order valence-corrected chi connectivity index (χ3v) is 8.45. The fraction of sp³-hybridized carbons (Fsp3) is 0.267. The van der Waals surface area contributed by atoms with Gasteiger partial charge in [-0.25, -0.2) is 0 Å². The molecule has 0 amide bonds. The number of hydrogen-bond acceptors (Lipinski definition) is 8. The van der Waals surface area contributed by atoms with Crippen molar-refractivity contribution in [2.24, 2.45) is 0 Å². The van der Waals surface area contributed by atoms with E-state index in [1.165, 1.54) is 26.0 Å². The van der Waals surface area contributed by atoms with Crippen LogP contribution in [0.1, 0.15) is 40.8 Å². The van der Waals surface area contributed by atoms with E-state index in [0.717, 1.165) is 23.1 Å². The van der Waals surface area contributed by atoms with Gasteiger partial charge in [-0.15, -0.1) is 0 Å². The Morgan fingerprint density at radius 1 is 0.842 bits per heavy atom. The summed E-state index contributed by atoms with van der Waals surface area (Å²) >= 11 is 1.50. The fourth-order valence-electron chi connectivity index (χ4n) is 5.07. The summed E-state index contributed by atoms with van der Waals surface area (Å²) in [5, 5.41) is 20.6. The van der Waals surface area contributed by atoms with Gasteiger partial charge in [0.1, 0.15) is 0 Å². The number of thioether (sulfide) groups is 1. The van der Waals surface area contributed by atoms with E-state index in [1.807, 2.05) is 18.2 Å². The lowest BCUT2D eigenvalue weighted by atomic mass is 9.89. The lowest BCUT2D eigenvalue weighted by molar-refractivity contribution is -0.123. The molecule has 2 heterocycles. The molecule has 5 rings (SSSR count). The Bertz CT molecular complexity index is 1390. The minimum Gasteiger partial charge on any atom is -0.504 e. The fourth-order valence-corrected chi connectivity index (χ4v) is 6.56. The molecule has 0 radical (unpaired) electrons. The summed E-state index contributed by atoms with van der Waals surface area (Å²) in [6, 6.07) is 20.0. The Labute approximate surface area is 225 Å². The zero-order valence-electron chi connectivity index (χ0n) is 21.2. The largest absolute Gasteiger partial charge is 0.504 e. The van der Waals surface area contributed by atoms with E-state index in [1.54, 1.807) is 36.4 Å². The average molecular weight is 532 g/mol. The van der Waals surface area contributed by atoms with Gasteiger partial charge in [0.2, 0.25) is 0 Å². The van der Waals surface area contributed by atoms with Crippen LogP contribution < -0.4 is 9.47 Å². The Morgan fingerprint density at radius 3 is 2.11 bits per heavy atom. The number of methoxy groups -OCH3 is 2. The molecule has 8 heteroatoms. The van der Waals surface area contributed by atoms with Crippen molar-refractivity contribution in [2.75, 3.05) is 20.8 Å². The van der Waals surface area contributed by atoms with Crippen LogP contribution in [0.15, 0.2) is 77.3 Å². The molecule has 2 aliphatic rings. The number of phenolic OH excluding ortho intramolecular Hbond substituents is 2. The molecule has 0 bridgehead atoms. The van der Waals surface area contributed by atoms with Crippen molar-refractivity contribution in [2.45, 2.75) is 30.6 Å². The van der Waals surface area contributed by atoms with E-state index in [-0.39, 0.29) is 52.8 Å². The standard InChI is InChI=1S/C30H29NO6S/c1-36-26-14-19(8-10-22(26)32)21-16-24(34)29-25(35)17-28(20-9-11-23(33)27(15-20)37-2)38-30(29)31(21)13-12-18-6-4-3-5-7-18/h3-11,14-15,21,28,32-33H,12-13,16-17H2,1-2H3. The Morgan fingerprint density at radius 2 is 1.45 bits per heavy atom. The SMILES string of the molecule is COc1cc(C2CC(=O)C3=C(S2)N(CCc2ccccc2)C(c2ccc(O)c(OC)c2)CC3=O)ccc1O. The Balaban J connectivity index is 1.55. The number of hydrogen-bond donors (Lipinski definition) is 2. The van der Waals surface area contributed by atoms with Crippen LogP contribution in [0.5, 0.6) is 23.0 Å².